The number of hydrogen-bond acceptors (Lipinski definition) is 3. The summed E-state index contributed by atoms with van der Waals surface area (Å²) in [5.74, 6) is -0.347. The molecular weight excluding hydrogens is 217 g/mol. The van der Waals surface area contributed by atoms with E-state index >= 15 is 0 Å². The summed E-state index contributed by atoms with van der Waals surface area (Å²) in [5.41, 5.74) is 0. The Bertz CT molecular complexity index is 352. The minimum atomic E-state index is -1.80. The van der Waals surface area contributed by atoms with Gasteiger partial charge in [0, 0.05) is 0 Å². The van der Waals surface area contributed by atoms with Crippen LogP contribution in [-0.2, 0) is 4.43 Å². The summed E-state index contributed by atoms with van der Waals surface area (Å²) in [4.78, 5) is 0.384. The Labute approximate surface area is 88.1 Å². The predicted octanol–water partition coefficient (Wildman–Crippen LogP) is 3.30. The Balaban J connectivity index is 2.85. The molecule has 1 aromatic heterocycles. The van der Waals surface area contributed by atoms with E-state index in [4.69, 9.17) is 9.69 Å². The maximum Gasteiger partial charge on any atom is 0.186 e. The van der Waals surface area contributed by atoms with Gasteiger partial charge in [0.2, 0.25) is 0 Å². The van der Waals surface area contributed by atoms with E-state index in [2.05, 4.69) is 0 Å². The fraction of sp³-hybridized carbons (Fsp3) is 0.444. The molecule has 0 saturated heterocycles. The summed E-state index contributed by atoms with van der Waals surface area (Å²) in [6.45, 7) is 5.93. The minimum Gasteiger partial charge on any atom is -0.398 e. The molecule has 0 N–H and O–H groups in total. The average molecular weight is 229 g/mol. The first kappa shape index (κ1) is 11.4. The highest BCUT2D eigenvalue weighted by Gasteiger charge is 2.25. The molecule has 0 aromatic carbocycles. The van der Waals surface area contributed by atoms with Gasteiger partial charge in [-0.25, -0.2) is 4.39 Å². The van der Waals surface area contributed by atoms with Crippen LogP contribution in [0.1, 0.15) is 11.0 Å². The van der Waals surface area contributed by atoms with Crippen molar-refractivity contribution >= 4 is 19.7 Å². The summed E-state index contributed by atoms with van der Waals surface area (Å²) >= 11 is 1.22. The molecule has 2 nitrogen and oxygen atoms in total. The summed E-state index contributed by atoms with van der Waals surface area (Å²) in [6, 6.07) is 3.34. The first-order valence-corrected chi connectivity index (χ1v) is 8.53. The molecule has 0 saturated carbocycles. The van der Waals surface area contributed by atoms with Gasteiger partial charge < -0.3 is 4.43 Å². The van der Waals surface area contributed by atoms with Gasteiger partial charge in [-0.3, -0.25) is 0 Å². The van der Waals surface area contributed by atoms with E-state index in [0.29, 0.717) is 4.88 Å². The minimum absolute atomic E-state index is 0.347. The second kappa shape index (κ2) is 4.21. The lowest BCUT2D eigenvalue weighted by molar-refractivity contribution is 0.254. The van der Waals surface area contributed by atoms with Crippen molar-refractivity contribution in [2.75, 3.05) is 0 Å². The highest BCUT2D eigenvalue weighted by Crippen LogP contribution is 2.28. The predicted molar refractivity (Wildman–Crippen MR) is 57.1 cm³/mol. The molecule has 1 rings (SSSR count). The lowest BCUT2D eigenvalue weighted by Crippen LogP contribution is -2.27. The zero-order valence-corrected chi connectivity index (χ0v) is 10.2. The molecule has 1 unspecified atom stereocenters. The summed E-state index contributed by atoms with van der Waals surface area (Å²) in [7, 11) is -1.80. The lowest BCUT2D eigenvalue weighted by atomic mass is 10.3. The monoisotopic (exact) mass is 229 g/mol. The van der Waals surface area contributed by atoms with Gasteiger partial charge in [0.25, 0.3) is 0 Å². The number of hydrogen-bond donors (Lipinski definition) is 0. The van der Waals surface area contributed by atoms with Gasteiger partial charge in [0.15, 0.2) is 14.4 Å². The van der Waals surface area contributed by atoms with Crippen LogP contribution in [-0.4, -0.2) is 8.32 Å². The van der Waals surface area contributed by atoms with Crippen molar-refractivity contribution in [1.82, 2.24) is 0 Å². The van der Waals surface area contributed by atoms with Crippen LogP contribution in [0.2, 0.25) is 19.6 Å². The van der Waals surface area contributed by atoms with Crippen LogP contribution in [0.4, 0.5) is 4.39 Å². The maximum absolute atomic E-state index is 13.2. The molecule has 76 valence electrons. The molecular formula is C9H12FNOSSi. The van der Waals surface area contributed by atoms with Gasteiger partial charge >= 0.3 is 0 Å². The normalized spacial score (nSPS) is 13.6. The van der Waals surface area contributed by atoms with Gasteiger partial charge in [-0.05, 0) is 31.1 Å². The number of halogens is 1. The van der Waals surface area contributed by atoms with Crippen LogP contribution in [0.3, 0.4) is 0 Å². The molecule has 1 atom stereocenters. The molecule has 0 bridgehead atoms. The average Bonchev–Trinajstić information content (AvgIpc) is 2.45. The fourth-order valence-electron chi connectivity index (χ4n) is 0.985. The van der Waals surface area contributed by atoms with Crippen molar-refractivity contribution in [2.45, 2.75) is 25.7 Å². The molecule has 0 aliphatic carbocycles. The van der Waals surface area contributed by atoms with E-state index in [-0.39, 0.29) is 5.82 Å². The zero-order valence-electron chi connectivity index (χ0n) is 8.37. The molecule has 0 aliphatic heterocycles. The number of rotatable bonds is 3. The molecule has 5 heteroatoms. The largest absolute Gasteiger partial charge is 0.398 e. The Morgan fingerprint density at radius 2 is 2.21 bits per heavy atom. The van der Waals surface area contributed by atoms with Gasteiger partial charge in [-0.1, -0.05) is 0 Å². The van der Waals surface area contributed by atoms with Crippen molar-refractivity contribution in [1.29, 1.82) is 5.26 Å². The van der Waals surface area contributed by atoms with Gasteiger partial charge in [-0.15, -0.1) is 11.3 Å². The van der Waals surface area contributed by atoms with E-state index in [1.165, 1.54) is 17.4 Å². The van der Waals surface area contributed by atoms with E-state index in [9.17, 15) is 4.39 Å². The van der Waals surface area contributed by atoms with Gasteiger partial charge in [0.1, 0.15) is 5.82 Å². The Morgan fingerprint density at radius 1 is 1.57 bits per heavy atom. The third-order valence-electron chi connectivity index (χ3n) is 1.47. The topological polar surface area (TPSA) is 33.0 Å². The number of nitrogens with zero attached hydrogens (tertiary/aromatic N) is 1. The second-order valence-electron chi connectivity index (χ2n) is 3.87. The maximum atomic E-state index is 13.2. The first-order valence-electron chi connectivity index (χ1n) is 4.24. The summed E-state index contributed by atoms with van der Waals surface area (Å²) in [5, 5.41) is 10.5. The van der Waals surface area contributed by atoms with Crippen molar-refractivity contribution in [3.05, 3.63) is 22.1 Å². The van der Waals surface area contributed by atoms with Crippen LogP contribution in [0.25, 0.3) is 0 Å². The van der Waals surface area contributed by atoms with Crippen molar-refractivity contribution in [3.8, 4) is 6.07 Å². The molecule has 14 heavy (non-hydrogen) atoms. The van der Waals surface area contributed by atoms with Crippen LogP contribution in [0, 0.1) is 17.1 Å². The van der Waals surface area contributed by atoms with E-state index in [1.807, 2.05) is 25.7 Å². The summed E-state index contributed by atoms with van der Waals surface area (Å²) in [6.07, 6.45) is -0.748. The molecule has 0 fully saturated rings. The van der Waals surface area contributed by atoms with E-state index in [0.717, 1.165) is 0 Å². The number of thiophene rings is 1. The Morgan fingerprint density at radius 3 is 2.57 bits per heavy atom. The van der Waals surface area contributed by atoms with E-state index in [1.54, 1.807) is 5.38 Å². The lowest BCUT2D eigenvalue weighted by Gasteiger charge is -2.20. The van der Waals surface area contributed by atoms with Crippen molar-refractivity contribution < 1.29 is 8.82 Å². The first-order chi connectivity index (χ1) is 6.44. The second-order valence-corrected chi connectivity index (χ2v) is 9.28. The van der Waals surface area contributed by atoms with Gasteiger partial charge in [0.05, 0.1) is 10.9 Å². The molecule has 0 aliphatic rings. The molecule has 1 heterocycles. The summed E-state index contributed by atoms with van der Waals surface area (Å²) < 4.78 is 18.7. The standard InChI is InChI=1S/C9H12FNOSSi/c1-14(2,3)12-8(6-11)9-7(10)4-5-13-9/h4-5,8H,1-3H3. The Hall–Kier alpha value is -0.703. The quantitative estimate of drug-likeness (QED) is 0.745. The van der Waals surface area contributed by atoms with E-state index < -0.39 is 14.4 Å². The number of nitriles is 1. The molecule has 0 amide bonds. The van der Waals surface area contributed by atoms with Crippen LogP contribution in [0.5, 0.6) is 0 Å². The smallest absolute Gasteiger partial charge is 0.186 e. The van der Waals surface area contributed by atoms with Gasteiger partial charge in [-0.2, -0.15) is 5.26 Å². The highest BCUT2D eigenvalue weighted by atomic mass is 32.1. The van der Waals surface area contributed by atoms with Crippen LogP contribution < -0.4 is 0 Å². The third kappa shape index (κ3) is 2.91. The molecule has 0 radical (unpaired) electrons. The highest BCUT2D eigenvalue weighted by molar-refractivity contribution is 7.10. The third-order valence-corrected chi connectivity index (χ3v) is 3.35. The SMILES string of the molecule is C[Si](C)(C)OC(C#N)c1sccc1F. The van der Waals surface area contributed by atoms with Crippen LogP contribution in [0.15, 0.2) is 11.4 Å². The van der Waals surface area contributed by atoms with Crippen LogP contribution >= 0.6 is 11.3 Å². The zero-order chi connectivity index (χ0) is 10.8. The Kier molecular flexibility index (Phi) is 3.42. The van der Waals surface area contributed by atoms with Crippen molar-refractivity contribution in [2.24, 2.45) is 0 Å². The molecule has 1 aromatic rings. The van der Waals surface area contributed by atoms with Crippen molar-refractivity contribution in [3.63, 3.8) is 0 Å². The fourth-order valence-corrected chi connectivity index (χ4v) is 2.69. The molecule has 0 spiro atoms.